The van der Waals surface area contributed by atoms with Crippen LogP contribution >= 0.6 is 0 Å². The molecule has 1 N–H and O–H groups in total. The van der Waals surface area contributed by atoms with E-state index in [9.17, 15) is 18.8 Å². The van der Waals surface area contributed by atoms with Gasteiger partial charge in [0, 0.05) is 37.6 Å². The lowest BCUT2D eigenvalue weighted by atomic mass is 9.98. The molecule has 0 saturated carbocycles. The molecule has 2 aliphatic heterocycles. The number of nitrogens with zero attached hydrogens (tertiary/aromatic N) is 5. The monoisotopic (exact) mass is 556 g/mol. The zero-order valence-corrected chi connectivity index (χ0v) is 23.1. The van der Waals surface area contributed by atoms with Crippen LogP contribution in [0.5, 0.6) is 0 Å². The molecule has 1 fully saturated rings. The van der Waals surface area contributed by atoms with E-state index in [0.717, 1.165) is 16.9 Å². The van der Waals surface area contributed by atoms with E-state index in [4.69, 9.17) is 4.74 Å². The normalized spacial score (nSPS) is 17.0. The van der Waals surface area contributed by atoms with Crippen LogP contribution < -0.4 is 5.32 Å². The lowest BCUT2D eigenvalue weighted by Crippen LogP contribution is -2.37. The number of nitrogens with one attached hydrogen (secondary N) is 1. The van der Waals surface area contributed by atoms with Crippen molar-refractivity contribution in [2.24, 2.45) is 0 Å². The van der Waals surface area contributed by atoms with Crippen LogP contribution in [0, 0.1) is 5.82 Å². The summed E-state index contributed by atoms with van der Waals surface area (Å²) in [7, 11) is 1.79. The summed E-state index contributed by atoms with van der Waals surface area (Å²) in [5.74, 6) is -0.573. The summed E-state index contributed by atoms with van der Waals surface area (Å²) in [6, 6.07) is 9.87. The molecule has 3 amide bonds. The number of fused-ring (bicyclic) bond motifs is 2. The Labute approximate surface area is 235 Å². The fourth-order valence-electron chi connectivity index (χ4n) is 5.34. The third kappa shape index (κ3) is 4.77. The maximum absolute atomic E-state index is 13.8. The molecular weight excluding hydrogens is 527 g/mol. The molecule has 0 radical (unpaired) electrons. The smallest absolute Gasteiger partial charge is 0.417 e. The number of ether oxygens (including phenoxy) is 1. The Hall–Kier alpha value is -4.80. The van der Waals surface area contributed by atoms with Crippen LogP contribution in [0.25, 0.3) is 16.9 Å². The summed E-state index contributed by atoms with van der Waals surface area (Å²) in [6.07, 6.45) is 4.85. The minimum Gasteiger partial charge on any atom is -0.443 e. The zero-order valence-electron chi connectivity index (χ0n) is 23.1. The number of benzene rings is 1. The highest BCUT2D eigenvalue weighted by molar-refractivity contribution is 6.11. The number of carbonyl (C=O) groups excluding carboxylic acids is 3. The molecule has 0 aliphatic carbocycles. The lowest BCUT2D eigenvalue weighted by Gasteiger charge is -2.23. The van der Waals surface area contributed by atoms with Crippen LogP contribution in [0.2, 0.25) is 0 Å². The molecule has 6 rings (SSSR count). The molecule has 1 aromatic carbocycles. The maximum atomic E-state index is 13.8. The molecule has 0 bridgehead atoms. The first kappa shape index (κ1) is 26.4. The molecule has 11 heteroatoms. The van der Waals surface area contributed by atoms with E-state index < -0.39 is 23.4 Å². The standard InChI is InChI=1S/C30H29FN6O4/c1-30(2,3)41-29(40)37-16-21-20(23-15-33-25-13-18(31)9-12-36(23)25)6-7-22(26(21)28(37)39)34-24-8-5-17(14-32-24)19-10-11-35(4)27(19)38/h5-9,12-15,19H,10-11,16H2,1-4H3,(H,32,34). The van der Waals surface area contributed by atoms with Gasteiger partial charge in [0.25, 0.3) is 5.91 Å². The van der Waals surface area contributed by atoms with Crippen molar-refractivity contribution >= 4 is 35.1 Å². The molecule has 3 aromatic heterocycles. The Kier molecular flexibility index (Phi) is 6.24. The van der Waals surface area contributed by atoms with Crippen LogP contribution in [0.1, 0.15) is 54.6 Å². The predicted molar refractivity (Wildman–Crippen MR) is 149 cm³/mol. The number of imide groups is 1. The van der Waals surface area contributed by atoms with Crippen molar-refractivity contribution in [3.63, 3.8) is 0 Å². The summed E-state index contributed by atoms with van der Waals surface area (Å²) in [6.45, 7) is 5.91. The second-order valence-electron chi connectivity index (χ2n) is 11.3. The molecule has 4 aromatic rings. The minimum atomic E-state index is -0.789. The van der Waals surface area contributed by atoms with Crippen LogP contribution in [0.15, 0.2) is 55.0 Å². The third-order valence-corrected chi connectivity index (χ3v) is 7.33. The molecule has 1 atom stereocenters. The van der Waals surface area contributed by atoms with Crippen molar-refractivity contribution in [3.8, 4) is 11.3 Å². The number of likely N-dealkylation sites (tertiary alicyclic amines) is 1. The minimum absolute atomic E-state index is 0.00790. The maximum Gasteiger partial charge on any atom is 0.417 e. The van der Waals surface area contributed by atoms with Gasteiger partial charge >= 0.3 is 6.09 Å². The second kappa shape index (κ2) is 9.69. The highest BCUT2D eigenvalue weighted by Crippen LogP contribution is 2.39. The molecule has 1 saturated heterocycles. The third-order valence-electron chi connectivity index (χ3n) is 7.33. The van der Waals surface area contributed by atoms with Crippen LogP contribution in [0.4, 0.5) is 20.7 Å². The van der Waals surface area contributed by atoms with E-state index in [0.29, 0.717) is 46.1 Å². The Balaban J connectivity index is 1.38. The summed E-state index contributed by atoms with van der Waals surface area (Å²) in [4.78, 5) is 50.8. The van der Waals surface area contributed by atoms with Crippen molar-refractivity contribution in [1.29, 1.82) is 0 Å². The first-order chi connectivity index (χ1) is 19.5. The second-order valence-corrected chi connectivity index (χ2v) is 11.3. The van der Waals surface area contributed by atoms with Gasteiger partial charge < -0.3 is 15.0 Å². The first-order valence-electron chi connectivity index (χ1n) is 13.3. The fourth-order valence-corrected chi connectivity index (χ4v) is 5.34. The Bertz CT molecular complexity index is 1710. The van der Waals surface area contributed by atoms with E-state index in [2.05, 4.69) is 15.3 Å². The summed E-state index contributed by atoms with van der Waals surface area (Å²) < 4.78 is 21.1. The van der Waals surface area contributed by atoms with Gasteiger partial charge in [0.15, 0.2) is 0 Å². The van der Waals surface area contributed by atoms with Crippen molar-refractivity contribution < 1.29 is 23.5 Å². The highest BCUT2D eigenvalue weighted by Gasteiger charge is 2.39. The van der Waals surface area contributed by atoms with Crippen molar-refractivity contribution in [1.82, 2.24) is 24.2 Å². The van der Waals surface area contributed by atoms with Gasteiger partial charge in [-0.25, -0.2) is 24.1 Å². The molecular formula is C30H29FN6O4. The topological polar surface area (TPSA) is 109 Å². The quantitative estimate of drug-likeness (QED) is 0.372. The van der Waals surface area contributed by atoms with Gasteiger partial charge in [-0.3, -0.25) is 14.0 Å². The summed E-state index contributed by atoms with van der Waals surface area (Å²) in [5.41, 5.74) is 3.17. The van der Waals surface area contributed by atoms with Crippen molar-refractivity contribution in [3.05, 3.63) is 77.5 Å². The average molecular weight is 557 g/mol. The fraction of sp³-hybridized carbons (Fsp3) is 0.300. The average Bonchev–Trinajstić information content (AvgIpc) is 3.59. The van der Waals surface area contributed by atoms with E-state index in [1.165, 1.54) is 12.1 Å². The molecule has 2 aliphatic rings. The summed E-state index contributed by atoms with van der Waals surface area (Å²) in [5, 5.41) is 3.22. The van der Waals surface area contributed by atoms with Gasteiger partial charge in [-0.05, 0) is 56.5 Å². The van der Waals surface area contributed by atoms with Crippen molar-refractivity contribution in [2.75, 3.05) is 18.9 Å². The number of rotatable bonds is 4. The van der Waals surface area contributed by atoms with Crippen LogP contribution in [0.3, 0.4) is 0 Å². The number of amides is 3. The number of likely N-dealkylation sites (N-methyl/N-ethyl adjacent to an activating group) is 1. The first-order valence-corrected chi connectivity index (χ1v) is 13.3. The van der Waals surface area contributed by atoms with E-state index in [1.807, 2.05) is 12.1 Å². The van der Waals surface area contributed by atoms with E-state index in [-0.39, 0.29) is 18.4 Å². The number of aromatic nitrogens is 3. The van der Waals surface area contributed by atoms with Crippen LogP contribution in [-0.2, 0) is 16.1 Å². The number of halogens is 1. The number of hydrogen-bond acceptors (Lipinski definition) is 7. The number of anilines is 2. The Morgan fingerprint density at radius 2 is 1.90 bits per heavy atom. The molecule has 210 valence electrons. The highest BCUT2D eigenvalue weighted by atomic mass is 19.1. The van der Waals surface area contributed by atoms with Gasteiger partial charge in [-0.1, -0.05) is 12.1 Å². The molecule has 1 unspecified atom stereocenters. The van der Waals surface area contributed by atoms with Crippen molar-refractivity contribution in [2.45, 2.75) is 45.3 Å². The molecule has 0 spiro atoms. The lowest BCUT2D eigenvalue weighted by molar-refractivity contribution is -0.127. The molecule has 10 nitrogen and oxygen atoms in total. The van der Waals surface area contributed by atoms with Crippen LogP contribution in [-0.4, -0.2) is 61.3 Å². The Morgan fingerprint density at radius 3 is 2.59 bits per heavy atom. The van der Waals surface area contributed by atoms with Gasteiger partial charge in [0.2, 0.25) is 5.91 Å². The Morgan fingerprint density at radius 1 is 1.10 bits per heavy atom. The SMILES string of the molecule is CN1CCC(c2ccc(Nc3ccc(-c4cnc5cc(F)ccn45)c4c3C(=O)N(C(=O)OC(C)(C)C)C4)nc2)C1=O. The van der Waals surface area contributed by atoms with Gasteiger partial charge in [0.1, 0.15) is 22.9 Å². The van der Waals surface area contributed by atoms with Gasteiger partial charge in [0.05, 0.1) is 35.6 Å². The number of pyridine rings is 2. The van der Waals surface area contributed by atoms with E-state index in [1.54, 1.807) is 67.8 Å². The largest absolute Gasteiger partial charge is 0.443 e. The zero-order chi connectivity index (χ0) is 29.1. The van der Waals surface area contributed by atoms with Gasteiger partial charge in [-0.15, -0.1) is 0 Å². The summed E-state index contributed by atoms with van der Waals surface area (Å²) >= 11 is 0. The number of hydrogen-bond donors (Lipinski definition) is 1. The number of carbonyl (C=O) groups is 3. The molecule has 5 heterocycles. The van der Waals surface area contributed by atoms with E-state index >= 15 is 0 Å². The predicted octanol–water partition coefficient (Wildman–Crippen LogP) is 5.12. The van der Waals surface area contributed by atoms with Gasteiger partial charge in [-0.2, -0.15) is 0 Å². The molecule has 41 heavy (non-hydrogen) atoms. The number of imidazole rings is 1.